The lowest BCUT2D eigenvalue weighted by atomic mass is 10.0. The van der Waals surface area contributed by atoms with Gasteiger partial charge in [0.25, 0.3) is 5.91 Å². The highest BCUT2D eigenvalue weighted by Crippen LogP contribution is 2.19. The van der Waals surface area contributed by atoms with Gasteiger partial charge in [-0.25, -0.2) is 18.7 Å². The van der Waals surface area contributed by atoms with E-state index in [1.54, 1.807) is 0 Å². The Hall–Kier alpha value is -2.61. The highest BCUT2D eigenvalue weighted by molar-refractivity contribution is 5.96. The average Bonchev–Trinajstić information content (AvgIpc) is 2.49. The number of nitrogens with one attached hydrogen (secondary N) is 1. The number of anilines is 1. The van der Waals surface area contributed by atoms with Crippen LogP contribution in [0.1, 0.15) is 29.1 Å². The molecule has 2 unspecified atom stereocenters. The molecule has 0 saturated heterocycles. The minimum atomic E-state index is -1.23. The summed E-state index contributed by atoms with van der Waals surface area (Å²) >= 11 is 0. The molecule has 0 bridgehead atoms. The quantitative estimate of drug-likeness (QED) is 0.787. The van der Waals surface area contributed by atoms with E-state index in [1.807, 2.05) is 0 Å². The first-order valence-corrected chi connectivity index (χ1v) is 6.40. The first-order valence-electron chi connectivity index (χ1n) is 6.40. The molecular weight excluding hydrogens is 294 g/mol. The highest BCUT2D eigenvalue weighted by atomic mass is 19.2. The Morgan fingerprint density at radius 1 is 1.27 bits per heavy atom. The number of hydrogen-bond donors (Lipinski definition) is 3. The maximum Gasteiger partial charge on any atom is 0.274 e. The summed E-state index contributed by atoms with van der Waals surface area (Å²) in [4.78, 5) is 19.5. The van der Waals surface area contributed by atoms with Crippen molar-refractivity contribution in [3.63, 3.8) is 0 Å². The van der Waals surface area contributed by atoms with Gasteiger partial charge in [-0.3, -0.25) is 4.79 Å². The van der Waals surface area contributed by atoms with Gasteiger partial charge in [0.1, 0.15) is 0 Å². The Kier molecular flexibility index (Phi) is 4.62. The van der Waals surface area contributed by atoms with Gasteiger partial charge in [0, 0.05) is 12.4 Å². The van der Waals surface area contributed by atoms with Crippen molar-refractivity contribution in [1.82, 2.24) is 15.3 Å². The lowest BCUT2D eigenvalue weighted by Crippen LogP contribution is -2.38. The molecule has 0 radical (unpaired) electrons. The first kappa shape index (κ1) is 15.8. The number of aliphatic hydroxyl groups is 1. The molecule has 1 heterocycles. The van der Waals surface area contributed by atoms with Gasteiger partial charge in [0.15, 0.2) is 23.1 Å². The second-order valence-corrected chi connectivity index (χ2v) is 4.67. The summed E-state index contributed by atoms with van der Waals surface area (Å²) in [5.74, 6) is -2.76. The van der Waals surface area contributed by atoms with E-state index in [-0.39, 0.29) is 17.1 Å². The molecule has 2 rings (SSSR count). The standard InChI is InChI=1S/C14H14F2N4O2/c1-7(12(21)8-2-3-9(15)10(16)6-8)20-14(22)11-13(17)19-5-4-18-11/h2-7,12,21H,1H3,(H2,17,19)(H,20,22). The molecule has 0 fully saturated rings. The SMILES string of the molecule is CC(NC(=O)c1nccnc1N)C(O)c1ccc(F)c(F)c1. The van der Waals surface area contributed by atoms with E-state index in [0.29, 0.717) is 0 Å². The van der Waals surface area contributed by atoms with Crippen molar-refractivity contribution in [2.45, 2.75) is 19.1 Å². The van der Waals surface area contributed by atoms with Crippen LogP contribution in [0.2, 0.25) is 0 Å². The fourth-order valence-corrected chi connectivity index (χ4v) is 1.86. The fraction of sp³-hybridized carbons (Fsp3) is 0.214. The summed E-state index contributed by atoms with van der Waals surface area (Å²) in [6.07, 6.45) is 1.42. The fourth-order valence-electron chi connectivity index (χ4n) is 1.86. The predicted octanol–water partition coefficient (Wildman–Crippen LogP) is 1.19. The number of halogens is 2. The number of aliphatic hydroxyl groups excluding tert-OH is 1. The second-order valence-electron chi connectivity index (χ2n) is 4.67. The zero-order chi connectivity index (χ0) is 16.3. The van der Waals surface area contributed by atoms with Crippen molar-refractivity contribution in [3.05, 3.63) is 53.5 Å². The normalized spacial score (nSPS) is 13.5. The zero-order valence-electron chi connectivity index (χ0n) is 11.6. The molecule has 0 aliphatic rings. The second kappa shape index (κ2) is 6.44. The molecule has 0 aliphatic heterocycles. The van der Waals surface area contributed by atoms with Crippen LogP contribution in [0.3, 0.4) is 0 Å². The number of carbonyl (C=O) groups is 1. The number of aromatic nitrogens is 2. The van der Waals surface area contributed by atoms with Crippen LogP contribution in [0.25, 0.3) is 0 Å². The topological polar surface area (TPSA) is 101 Å². The molecule has 1 aromatic carbocycles. The molecule has 6 nitrogen and oxygen atoms in total. The Labute approximate surface area is 125 Å². The minimum absolute atomic E-state index is 0.0467. The van der Waals surface area contributed by atoms with Crippen molar-refractivity contribution in [1.29, 1.82) is 0 Å². The number of carbonyl (C=O) groups excluding carboxylic acids is 1. The molecule has 2 aromatic rings. The Bertz CT molecular complexity index is 696. The Morgan fingerprint density at radius 2 is 1.95 bits per heavy atom. The van der Waals surface area contributed by atoms with Crippen LogP contribution in [-0.4, -0.2) is 27.0 Å². The smallest absolute Gasteiger partial charge is 0.274 e. The Morgan fingerprint density at radius 3 is 2.59 bits per heavy atom. The van der Waals surface area contributed by atoms with Crippen LogP contribution in [-0.2, 0) is 0 Å². The Balaban J connectivity index is 2.11. The number of benzene rings is 1. The lowest BCUT2D eigenvalue weighted by Gasteiger charge is -2.20. The number of amides is 1. The van der Waals surface area contributed by atoms with E-state index in [4.69, 9.17) is 5.73 Å². The number of rotatable bonds is 4. The molecule has 4 N–H and O–H groups in total. The maximum absolute atomic E-state index is 13.2. The van der Waals surface area contributed by atoms with Crippen LogP contribution in [0.5, 0.6) is 0 Å². The summed E-state index contributed by atoms with van der Waals surface area (Å²) in [6, 6.07) is 2.24. The number of hydrogen-bond acceptors (Lipinski definition) is 5. The molecular formula is C14H14F2N4O2. The predicted molar refractivity (Wildman–Crippen MR) is 74.7 cm³/mol. The van der Waals surface area contributed by atoms with Gasteiger partial charge in [-0.1, -0.05) is 6.07 Å². The van der Waals surface area contributed by atoms with E-state index in [1.165, 1.54) is 25.4 Å². The molecule has 0 saturated carbocycles. The van der Waals surface area contributed by atoms with Gasteiger partial charge < -0.3 is 16.2 Å². The molecule has 0 spiro atoms. The van der Waals surface area contributed by atoms with Gasteiger partial charge in [-0.15, -0.1) is 0 Å². The largest absolute Gasteiger partial charge is 0.386 e. The molecule has 22 heavy (non-hydrogen) atoms. The number of nitrogens with zero attached hydrogens (tertiary/aromatic N) is 2. The zero-order valence-corrected chi connectivity index (χ0v) is 11.6. The van der Waals surface area contributed by atoms with E-state index < -0.39 is 29.7 Å². The molecule has 1 amide bonds. The third-order valence-electron chi connectivity index (χ3n) is 3.06. The number of nitrogens with two attached hydrogens (primary N) is 1. The summed E-state index contributed by atoms with van der Waals surface area (Å²) in [5.41, 5.74) is 5.59. The van der Waals surface area contributed by atoms with Crippen LogP contribution >= 0.6 is 0 Å². The van der Waals surface area contributed by atoms with E-state index in [0.717, 1.165) is 12.1 Å². The van der Waals surface area contributed by atoms with Gasteiger partial charge in [0.2, 0.25) is 0 Å². The molecule has 1 aromatic heterocycles. The van der Waals surface area contributed by atoms with Gasteiger partial charge >= 0.3 is 0 Å². The van der Waals surface area contributed by atoms with Crippen molar-refractivity contribution >= 4 is 11.7 Å². The van der Waals surface area contributed by atoms with E-state index >= 15 is 0 Å². The van der Waals surface area contributed by atoms with Crippen LogP contribution in [0.15, 0.2) is 30.6 Å². The summed E-state index contributed by atoms with van der Waals surface area (Å²) in [7, 11) is 0. The van der Waals surface area contributed by atoms with E-state index in [2.05, 4.69) is 15.3 Å². The molecule has 116 valence electrons. The van der Waals surface area contributed by atoms with Gasteiger partial charge in [0.05, 0.1) is 12.1 Å². The van der Waals surface area contributed by atoms with Crippen molar-refractivity contribution in [3.8, 4) is 0 Å². The highest BCUT2D eigenvalue weighted by Gasteiger charge is 2.22. The van der Waals surface area contributed by atoms with Crippen LogP contribution in [0, 0.1) is 11.6 Å². The average molecular weight is 308 g/mol. The minimum Gasteiger partial charge on any atom is -0.386 e. The van der Waals surface area contributed by atoms with Crippen LogP contribution in [0.4, 0.5) is 14.6 Å². The summed E-state index contributed by atoms with van der Waals surface area (Å²) in [6.45, 7) is 1.51. The third-order valence-corrected chi connectivity index (χ3v) is 3.06. The molecule has 0 aliphatic carbocycles. The first-order chi connectivity index (χ1) is 10.4. The summed E-state index contributed by atoms with van der Waals surface area (Å²) in [5, 5.41) is 12.6. The van der Waals surface area contributed by atoms with Gasteiger partial charge in [-0.2, -0.15) is 0 Å². The molecule has 8 heteroatoms. The lowest BCUT2D eigenvalue weighted by molar-refractivity contribution is 0.0847. The van der Waals surface area contributed by atoms with Gasteiger partial charge in [-0.05, 0) is 24.6 Å². The third kappa shape index (κ3) is 3.34. The summed E-state index contributed by atoms with van der Waals surface area (Å²) < 4.78 is 26.1. The van der Waals surface area contributed by atoms with Crippen LogP contribution < -0.4 is 11.1 Å². The van der Waals surface area contributed by atoms with E-state index in [9.17, 15) is 18.7 Å². The molecule has 2 atom stereocenters. The number of nitrogen functional groups attached to an aromatic ring is 1. The van der Waals surface area contributed by atoms with Crippen molar-refractivity contribution < 1.29 is 18.7 Å². The maximum atomic E-state index is 13.2. The monoisotopic (exact) mass is 308 g/mol. The van der Waals surface area contributed by atoms with Crippen molar-refractivity contribution in [2.24, 2.45) is 0 Å². The van der Waals surface area contributed by atoms with Crippen molar-refractivity contribution in [2.75, 3.05) is 5.73 Å².